The van der Waals surface area contributed by atoms with Crippen molar-refractivity contribution in [1.29, 1.82) is 0 Å². The lowest BCUT2D eigenvalue weighted by molar-refractivity contribution is 0.0651. The summed E-state index contributed by atoms with van der Waals surface area (Å²) in [6, 6.07) is 10.1. The number of hydrogen-bond acceptors (Lipinski definition) is 5. The Hall–Kier alpha value is -2.02. The van der Waals surface area contributed by atoms with E-state index in [1.165, 1.54) is 11.3 Å². The molecule has 0 aliphatic rings. The van der Waals surface area contributed by atoms with Crippen LogP contribution in [0, 0.1) is 6.92 Å². The van der Waals surface area contributed by atoms with E-state index in [0.29, 0.717) is 18.0 Å². The second-order valence-corrected chi connectivity index (χ2v) is 8.04. The van der Waals surface area contributed by atoms with Crippen LogP contribution in [0.5, 0.6) is 0 Å². The zero-order valence-corrected chi connectivity index (χ0v) is 16.7. The zero-order chi connectivity index (χ0) is 18.5. The standard InChI is InChI=1S/C20H22N2O2S2/c1-13(2)24-11-16-7-5-4-6-15(16)10-21-19(23)18-14(3)22-20(26-18)17-8-9-25-12-17/h4-9,12-13H,10-11H2,1-3H3,(H,21,23). The average molecular weight is 387 g/mol. The van der Waals surface area contributed by atoms with Crippen LogP contribution in [0.25, 0.3) is 10.6 Å². The van der Waals surface area contributed by atoms with Gasteiger partial charge in [-0.15, -0.1) is 11.3 Å². The topological polar surface area (TPSA) is 51.2 Å². The third kappa shape index (κ3) is 4.58. The number of hydrogen-bond donors (Lipinski definition) is 1. The number of thiazole rings is 1. The van der Waals surface area contributed by atoms with E-state index in [2.05, 4.69) is 10.3 Å². The fourth-order valence-electron chi connectivity index (χ4n) is 2.50. The molecule has 1 N–H and O–H groups in total. The number of carbonyl (C=O) groups excluding carboxylic acids is 1. The van der Waals surface area contributed by atoms with E-state index in [0.717, 1.165) is 27.4 Å². The lowest BCUT2D eigenvalue weighted by Gasteiger charge is -2.12. The van der Waals surface area contributed by atoms with Gasteiger partial charge in [-0.25, -0.2) is 4.98 Å². The van der Waals surface area contributed by atoms with Gasteiger partial charge in [-0.2, -0.15) is 11.3 Å². The van der Waals surface area contributed by atoms with Crippen LogP contribution in [0.2, 0.25) is 0 Å². The van der Waals surface area contributed by atoms with Gasteiger partial charge in [0.15, 0.2) is 0 Å². The van der Waals surface area contributed by atoms with E-state index in [1.54, 1.807) is 11.3 Å². The molecule has 0 saturated heterocycles. The Labute approximate surface area is 161 Å². The van der Waals surface area contributed by atoms with Crippen molar-refractivity contribution in [1.82, 2.24) is 10.3 Å². The van der Waals surface area contributed by atoms with Gasteiger partial charge in [0.1, 0.15) is 9.88 Å². The monoisotopic (exact) mass is 386 g/mol. The van der Waals surface area contributed by atoms with Crippen LogP contribution < -0.4 is 5.32 Å². The van der Waals surface area contributed by atoms with Crippen LogP contribution in [-0.2, 0) is 17.9 Å². The second-order valence-electron chi connectivity index (χ2n) is 6.26. The smallest absolute Gasteiger partial charge is 0.263 e. The van der Waals surface area contributed by atoms with E-state index in [1.807, 2.05) is 61.9 Å². The minimum Gasteiger partial charge on any atom is -0.374 e. The molecule has 0 bridgehead atoms. The molecule has 0 radical (unpaired) electrons. The van der Waals surface area contributed by atoms with E-state index >= 15 is 0 Å². The lowest BCUT2D eigenvalue weighted by atomic mass is 10.1. The van der Waals surface area contributed by atoms with Gasteiger partial charge >= 0.3 is 0 Å². The maximum Gasteiger partial charge on any atom is 0.263 e. The van der Waals surface area contributed by atoms with Gasteiger partial charge < -0.3 is 10.1 Å². The van der Waals surface area contributed by atoms with Gasteiger partial charge in [0.05, 0.1) is 18.4 Å². The van der Waals surface area contributed by atoms with Crippen LogP contribution in [-0.4, -0.2) is 17.0 Å². The first-order valence-electron chi connectivity index (χ1n) is 8.51. The first-order valence-corrected chi connectivity index (χ1v) is 10.3. The molecule has 0 aliphatic heterocycles. The fraction of sp³-hybridized carbons (Fsp3) is 0.300. The van der Waals surface area contributed by atoms with Gasteiger partial charge in [-0.3, -0.25) is 4.79 Å². The van der Waals surface area contributed by atoms with Crippen molar-refractivity contribution < 1.29 is 9.53 Å². The van der Waals surface area contributed by atoms with Crippen LogP contribution in [0.1, 0.15) is 40.3 Å². The highest BCUT2D eigenvalue weighted by atomic mass is 32.1. The molecule has 3 aromatic rings. The molecule has 4 nitrogen and oxygen atoms in total. The number of thiophene rings is 1. The van der Waals surface area contributed by atoms with E-state index < -0.39 is 0 Å². The summed E-state index contributed by atoms with van der Waals surface area (Å²) < 4.78 is 5.70. The van der Waals surface area contributed by atoms with Gasteiger partial charge in [0.25, 0.3) is 5.91 Å². The number of benzene rings is 1. The predicted molar refractivity (Wildman–Crippen MR) is 108 cm³/mol. The number of rotatable bonds is 7. The minimum atomic E-state index is -0.0824. The molecule has 0 spiro atoms. The summed E-state index contributed by atoms with van der Waals surface area (Å²) in [5.41, 5.74) is 4.01. The van der Waals surface area contributed by atoms with Crippen LogP contribution in [0.15, 0.2) is 41.1 Å². The minimum absolute atomic E-state index is 0.0824. The van der Waals surface area contributed by atoms with Gasteiger partial charge in [-0.1, -0.05) is 24.3 Å². The summed E-state index contributed by atoms with van der Waals surface area (Å²) in [7, 11) is 0. The van der Waals surface area contributed by atoms with Crippen LogP contribution >= 0.6 is 22.7 Å². The number of carbonyl (C=O) groups is 1. The summed E-state index contributed by atoms with van der Waals surface area (Å²) in [6.07, 6.45) is 0.174. The first-order chi connectivity index (χ1) is 12.5. The van der Waals surface area contributed by atoms with E-state index in [-0.39, 0.29) is 12.0 Å². The summed E-state index contributed by atoms with van der Waals surface area (Å²) in [4.78, 5) is 17.8. The predicted octanol–water partition coefficient (Wildman–Crippen LogP) is 5.04. The zero-order valence-electron chi connectivity index (χ0n) is 15.1. The number of nitrogens with one attached hydrogen (secondary N) is 1. The molecule has 26 heavy (non-hydrogen) atoms. The van der Waals surface area contributed by atoms with Crippen molar-refractivity contribution in [3.05, 3.63) is 62.8 Å². The molecular formula is C20H22N2O2S2. The molecule has 0 fully saturated rings. The average Bonchev–Trinajstić information content (AvgIpc) is 3.28. The van der Waals surface area contributed by atoms with E-state index in [4.69, 9.17) is 4.74 Å². The molecule has 3 rings (SSSR count). The number of nitrogens with zero attached hydrogens (tertiary/aromatic N) is 1. The lowest BCUT2D eigenvalue weighted by Crippen LogP contribution is -2.23. The number of aromatic nitrogens is 1. The van der Waals surface area contributed by atoms with Crippen molar-refractivity contribution in [2.75, 3.05) is 0 Å². The summed E-state index contributed by atoms with van der Waals surface area (Å²) >= 11 is 3.07. The molecular weight excluding hydrogens is 364 g/mol. The Morgan fingerprint density at radius 2 is 2.00 bits per heavy atom. The Kier molecular flexibility index (Phi) is 6.19. The molecule has 0 saturated carbocycles. The summed E-state index contributed by atoms with van der Waals surface area (Å²) in [5.74, 6) is -0.0824. The largest absolute Gasteiger partial charge is 0.374 e. The molecule has 0 unspecified atom stereocenters. The van der Waals surface area contributed by atoms with Crippen molar-refractivity contribution in [2.24, 2.45) is 0 Å². The summed E-state index contributed by atoms with van der Waals surface area (Å²) in [6.45, 7) is 6.93. The molecule has 1 aromatic carbocycles. The van der Waals surface area contributed by atoms with Crippen molar-refractivity contribution >= 4 is 28.6 Å². The highest BCUT2D eigenvalue weighted by molar-refractivity contribution is 7.17. The number of aryl methyl sites for hydroxylation is 1. The van der Waals surface area contributed by atoms with Crippen LogP contribution in [0.4, 0.5) is 0 Å². The normalized spacial score (nSPS) is 11.1. The third-order valence-corrected chi connectivity index (χ3v) is 5.79. The van der Waals surface area contributed by atoms with E-state index in [9.17, 15) is 4.79 Å². The Morgan fingerprint density at radius 3 is 2.69 bits per heavy atom. The first kappa shape index (κ1) is 18.8. The molecule has 6 heteroatoms. The Balaban J connectivity index is 1.68. The van der Waals surface area contributed by atoms with Crippen molar-refractivity contribution in [3.63, 3.8) is 0 Å². The van der Waals surface area contributed by atoms with Crippen LogP contribution in [0.3, 0.4) is 0 Å². The summed E-state index contributed by atoms with van der Waals surface area (Å²) in [5, 5.41) is 7.97. The highest BCUT2D eigenvalue weighted by Crippen LogP contribution is 2.29. The van der Waals surface area contributed by atoms with Crippen molar-refractivity contribution in [2.45, 2.75) is 40.0 Å². The Morgan fingerprint density at radius 1 is 1.23 bits per heavy atom. The van der Waals surface area contributed by atoms with Gasteiger partial charge in [0, 0.05) is 17.5 Å². The third-order valence-electron chi connectivity index (χ3n) is 3.90. The second kappa shape index (κ2) is 8.58. The van der Waals surface area contributed by atoms with Gasteiger partial charge in [-0.05, 0) is 43.3 Å². The molecule has 1 amide bonds. The molecule has 2 aromatic heterocycles. The number of ether oxygens (including phenoxy) is 1. The highest BCUT2D eigenvalue weighted by Gasteiger charge is 2.16. The molecule has 0 aliphatic carbocycles. The van der Waals surface area contributed by atoms with Gasteiger partial charge in [0.2, 0.25) is 0 Å². The Bertz CT molecular complexity index is 870. The number of amides is 1. The van der Waals surface area contributed by atoms with Crippen molar-refractivity contribution in [3.8, 4) is 10.6 Å². The molecule has 2 heterocycles. The SMILES string of the molecule is Cc1nc(-c2ccsc2)sc1C(=O)NCc1ccccc1COC(C)C. The molecule has 136 valence electrons. The molecule has 0 atom stereocenters. The maximum absolute atomic E-state index is 12.6. The quantitative estimate of drug-likeness (QED) is 0.619. The maximum atomic E-state index is 12.6. The fourth-order valence-corrected chi connectivity index (χ4v) is 4.19.